The summed E-state index contributed by atoms with van der Waals surface area (Å²) in [5.74, 6) is 0.531. The molecule has 3 rings (SSSR count). The summed E-state index contributed by atoms with van der Waals surface area (Å²) in [6.45, 7) is 0.731. The highest BCUT2D eigenvalue weighted by Crippen LogP contribution is 2.27. The van der Waals surface area contributed by atoms with Gasteiger partial charge in [-0.2, -0.15) is 0 Å². The third-order valence-electron chi connectivity index (χ3n) is 4.28. The number of benzene rings is 2. The van der Waals surface area contributed by atoms with Crippen LogP contribution in [0.25, 0.3) is 10.8 Å². The van der Waals surface area contributed by atoms with Gasteiger partial charge in [0.15, 0.2) is 0 Å². The molecule has 2 aromatic rings. The molecule has 1 fully saturated rings. The van der Waals surface area contributed by atoms with Crippen LogP contribution in [0.1, 0.15) is 36.0 Å². The number of carbonyl (C=O) groups excluding carboxylic acids is 1. The van der Waals surface area contributed by atoms with Crippen molar-refractivity contribution in [1.29, 1.82) is 0 Å². The number of amides is 1. The monoisotopic (exact) mass is 301 g/mol. The summed E-state index contributed by atoms with van der Waals surface area (Å²) in [6, 6.07) is 13.9. The number of alkyl halides is 1. The standard InChI is InChI=1S/C18H20ClNO/c19-17-7-3-4-13(10-17)12-20-18(21)16-9-8-14-5-1-2-6-15(14)11-16/h1-2,5-6,8-9,11,13,17H,3-4,7,10,12H2,(H,20,21). The topological polar surface area (TPSA) is 29.1 Å². The highest BCUT2D eigenvalue weighted by atomic mass is 35.5. The van der Waals surface area contributed by atoms with Crippen molar-refractivity contribution in [2.45, 2.75) is 31.1 Å². The second-order valence-electron chi connectivity index (χ2n) is 5.90. The molecule has 0 saturated heterocycles. The minimum Gasteiger partial charge on any atom is -0.352 e. The van der Waals surface area contributed by atoms with E-state index in [1.165, 1.54) is 12.8 Å². The molecule has 0 heterocycles. The number of hydrogen-bond acceptors (Lipinski definition) is 1. The second-order valence-corrected chi connectivity index (χ2v) is 6.52. The lowest BCUT2D eigenvalue weighted by Crippen LogP contribution is -2.32. The first-order valence-corrected chi connectivity index (χ1v) is 8.07. The van der Waals surface area contributed by atoms with Gasteiger partial charge in [0.1, 0.15) is 0 Å². The van der Waals surface area contributed by atoms with Gasteiger partial charge in [0.05, 0.1) is 0 Å². The van der Waals surface area contributed by atoms with E-state index in [4.69, 9.17) is 11.6 Å². The van der Waals surface area contributed by atoms with Gasteiger partial charge in [-0.15, -0.1) is 11.6 Å². The summed E-state index contributed by atoms with van der Waals surface area (Å²) in [4.78, 5) is 12.3. The van der Waals surface area contributed by atoms with Crippen molar-refractivity contribution in [2.75, 3.05) is 6.54 Å². The van der Waals surface area contributed by atoms with Crippen molar-refractivity contribution in [3.63, 3.8) is 0 Å². The molecule has 0 aromatic heterocycles. The zero-order chi connectivity index (χ0) is 14.7. The van der Waals surface area contributed by atoms with Crippen LogP contribution >= 0.6 is 11.6 Å². The Kier molecular flexibility index (Phi) is 4.45. The molecule has 1 N–H and O–H groups in total. The molecule has 1 amide bonds. The van der Waals surface area contributed by atoms with Crippen LogP contribution in [0.5, 0.6) is 0 Å². The van der Waals surface area contributed by atoms with E-state index in [2.05, 4.69) is 11.4 Å². The summed E-state index contributed by atoms with van der Waals surface area (Å²) >= 11 is 6.20. The Morgan fingerprint density at radius 1 is 1.14 bits per heavy atom. The lowest BCUT2D eigenvalue weighted by molar-refractivity contribution is 0.0944. The van der Waals surface area contributed by atoms with E-state index >= 15 is 0 Å². The SMILES string of the molecule is O=C(NCC1CCCC(Cl)C1)c1ccc2ccccc2c1. The van der Waals surface area contributed by atoms with E-state index in [-0.39, 0.29) is 11.3 Å². The van der Waals surface area contributed by atoms with Gasteiger partial charge in [0, 0.05) is 17.5 Å². The predicted octanol–water partition coefficient (Wildman–Crippen LogP) is 4.37. The summed E-state index contributed by atoms with van der Waals surface area (Å²) in [5, 5.41) is 5.59. The molecule has 2 nitrogen and oxygen atoms in total. The maximum atomic E-state index is 12.3. The van der Waals surface area contributed by atoms with Gasteiger partial charge >= 0.3 is 0 Å². The predicted molar refractivity (Wildman–Crippen MR) is 87.9 cm³/mol. The highest BCUT2D eigenvalue weighted by molar-refractivity contribution is 6.20. The largest absolute Gasteiger partial charge is 0.352 e. The van der Waals surface area contributed by atoms with E-state index in [1.54, 1.807) is 0 Å². The number of rotatable bonds is 3. The molecule has 0 aliphatic heterocycles. The minimum absolute atomic E-state index is 0.0115. The molecule has 2 unspecified atom stereocenters. The van der Waals surface area contributed by atoms with Crippen LogP contribution in [0.4, 0.5) is 0 Å². The molecule has 2 aromatic carbocycles. The van der Waals surface area contributed by atoms with Gasteiger partial charge in [0.25, 0.3) is 5.91 Å². The molecule has 1 saturated carbocycles. The first-order valence-electron chi connectivity index (χ1n) is 7.63. The lowest BCUT2D eigenvalue weighted by atomic mass is 9.89. The Labute approximate surface area is 130 Å². The fourth-order valence-electron chi connectivity index (χ4n) is 3.08. The van der Waals surface area contributed by atoms with Gasteiger partial charge in [-0.05, 0) is 48.1 Å². The van der Waals surface area contributed by atoms with E-state index in [0.717, 1.165) is 35.7 Å². The van der Waals surface area contributed by atoms with Crippen LogP contribution in [0.2, 0.25) is 0 Å². The molecule has 1 aliphatic rings. The average Bonchev–Trinajstić information content (AvgIpc) is 2.52. The van der Waals surface area contributed by atoms with Crippen LogP contribution in [-0.4, -0.2) is 17.8 Å². The molecule has 1 aliphatic carbocycles. The zero-order valence-corrected chi connectivity index (χ0v) is 12.8. The van der Waals surface area contributed by atoms with E-state index in [0.29, 0.717) is 5.92 Å². The Hall–Kier alpha value is -1.54. The third kappa shape index (κ3) is 3.56. The Balaban J connectivity index is 1.63. The maximum Gasteiger partial charge on any atom is 0.251 e. The fraction of sp³-hybridized carbons (Fsp3) is 0.389. The molecule has 0 spiro atoms. The smallest absolute Gasteiger partial charge is 0.251 e. The van der Waals surface area contributed by atoms with Crippen LogP contribution in [0.3, 0.4) is 0 Å². The third-order valence-corrected chi connectivity index (χ3v) is 4.68. The summed E-state index contributed by atoms with van der Waals surface area (Å²) in [7, 11) is 0. The van der Waals surface area contributed by atoms with Gasteiger partial charge in [-0.25, -0.2) is 0 Å². The zero-order valence-electron chi connectivity index (χ0n) is 12.0. The lowest BCUT2D eigenvalue weighted by Gasteiger charge is -2.25. The highest BCUT2D eigenvalue weighted by Gasteiger charge is 2.20. The molecule has 110 valence electrons. The molecular formula is C18H20ClNO. The van der Waals surface area contributed by atoms with Crippen molar-refractivity contribution in [3.8, 4) is 0 Å². The first kappa shape index (κ1) is 14.4. The Morgan fingerprint density at radius 2 is 1.95 bits per heavy atom. The average molecular weight is 302 g/mol. The van der Waals surface area contributed by atoms with Crippen LogP contribution < -0.4 is 5.32 Å². The van der Waals surface area contributed by atoms with Crippen molar-refractivity contribution in [1.82, 2.24) is 5.32 Å². The van der Waals surface area contributed by atoms with Gasteiger partial charge in [-0.3, -0.25) is 4.79 Å². The molecule has 0 radical (unpaired) electrons. The van der Waals surface area contributed by atoms with Crippen LogP contribution in [0, 0.1) is 5.92 Å². The summed E-state index contributed by atoms with van der Waals surface area (Å²) in [6.07, 6.45) is 4.46. The molecule has 3 heteroatoms. The number of nitrogens with one attached hydrogen (secondary N) is 1. The molecule has 21 heavy (non-hydrogen) atoms. The fourth-order valence-corrected chi connectivity index (χ4v) is 3.49. The summed E-state index contributed by atoms with van der Waals surface area (Å²) in [5.41, 5.74) is 0.729. The molecule has 2 atom stereocenters. The Morgan fingerprint density at radius 3 is 2.76 bits per heavy atom. The number of carbonyl (C=O) groups is 1. The van der Waals surface area contributed by atoms with Crippen molar-refractivity contribution in [3.05, 3.63) is 48.0 Å². The van der Waals surface area contributed by atoms with Crippen molar-refractivity contribution < 1.29 is 4.79 Å². The molecular weight excluding hydrogens is 282 g/mol. The van der Waals surface area contributed by atoms with Crippen molar-refractivity contribution in [2.24, 2.45) is 5.92 Å². The van der Waals surface area contributed by atoms with E-state index in [1.807, 2.05) is 36.4 Å². The van der Waals surface area contributed by atoms with Crippen molar-refractivity contribution >= 4 is 28.3 Å². The summed E-state index contributed by atoms with van der Waals surface area (Å²) < 4.78 is 0. The minimum atomic E-state index is 0.0115. The number of hydrogen-bond donors (Lipinski definition) is 1. The van der Waals surface area contributed by atoms with Gasteiger partial charge in [-0.1, -0.05) is 36.8 Å². The normalized spacial score (nSPS) is 22.1. The van der Waals surface area contributed by atoms with Crippen LogP contribution in [-0.2, 0) is 0 Å². The maximum absolute atomic E-state index is 12.3. The second kappa shape index (κ2) is 6.48. The number of halogens is 1. The van der Waals surface area contributed by atoms with Gasteiger partial charge in [0.2, 0.25) is 0 Å². The van der Waals surface area contributed by atoms with Crippen LogP contribution in [0.15, 0.2) is 42.5 Å². The number of fused-ring (bicyclic) bond motifs is 1. The van der Waals surface area contributed by atoms with E-state index < -0.39 is 0 Å². The quantitative estimate of drug-likeness (QED) is 0.838. The first-order chi connectivity index (χ1) is 10.2. The molecule has 0 bridgehead atoms. The Bertz CT molecular complexity index is 640. The van der Waals surface area contributed by atoms with E-state index in [9.17, 15) is 4.79 Å². The van der Waals surface area contributed by atoms with Gasteiger partial charge < -0.3 is 5.32 Å².